The van der Waals surface area contributed by atoms with Crippen molar-refractivity contribution in [3.8, 4) is 0 Å². The summed E-state index contributed by atoms with van der Waals surface area (Å²) < 4.78 is 22.5. The van der Waals surface area contributed by atoms with Gasteiger partial charge in [-0.1, -0.05) is 18.2 Å². The summed E-state index contributed by atoms with van der Waals surface area (Å²) in [5.41, 5.74) is 3.53. The Kier molecular flexibility index (Phi) is 4.02. The van der Waals surface area contributed by atoms with Gasteiger partial charge in [0.25, 0.3) is 0 Å². The van der Waals surface area contributed by atoms with Gasteiger partial charge < -0.3 is 0 Å². The lowest BCUT2D eigenvalue weighted by Gasteiger charge is -2.03. The SMILES string of the molecule is Cc1ccc(CC[C@H]2C[C@@H]2c2ccc(S(N)(=O)=O)cc2)nc1. The average molecular weight is 316 g/mol. The molecule has 0 bridgehead atoms. The third-order valence-corrected chi connectivity index (χ3v) is 5.23. The van der Waals surface area contributed by atoms with Gasteiger partial charge in [0.2, 0.25) is 10.0 Å². The Morgan fingerprint density at radius 1 is 1.18 bits per heavy atom. The molecule has 1 aliphatic rings. The molecule has 2 atom stereocenters. The summed E-state index contributed by atoms with van der Waals surface area (Å²) in [4.78, 5) is 4.61. The molecule has 0 unspecified atom stereocenters. The highest BCUT2D eigenvalue weighted by molar-refractivity contribution is 7.89. The van der Waals surface area contributed by atoms with Crippen molar-refractivity contribution in [3.63, 3.8) is 0 Å². The van der Waals surface area contributed by atoms with Gasteiger partial charge >= 0.3 is 0 Å². The highest BCUT2D eigenvalue weighted by Crippen LogP contribution is 2.50. The van der Waals surface area contributed by atoms with E-state index in [9.17, 15) is 8.42 Å². The number of pyridine rings is 1. The zero-order valence-corrected chi connectivity index (χ0v) is 13.4. The number of rotatable bonds is 5. The fourth-order valence-electron chi connectivity index (χ4n) is 2.86. The molecule has 0 spiro atoms. The smallest absolute Gasteiger partial charge is 0.238 e. The van der Waals surface area contributed by atoms with Crippen LogP contribution in [0, 0.1) is 12.8 Å². The molecule has 0 amide bonds. The van der Waals surface area contributed by atoms with E-state index in [2.05, 4.69) is 17.1 Å². The normalized spacial score (nSPS) is 20.8. The molecule has 5 heteroatoms. The maximum absolute atomic E-state index is 11.2. The second kappa shape index (κ2) is 5.82. The highest BCUT2D eigenvalue weighted by Gasteiger charge is 2.37. The lowest BCUT2D eigenvalue weighted by molar-refractivity contribution is 0.597. The maximum Gasteiger partial charge on any atom is 0.238 e. The average Bonchev–Trinajstić information content (AvgIpc) is 3.26. The molecule has 1 fully saturated rings. The van der Waals surface area contributed by atoms with E-state index in [0.717, 1.165) is 18.5 Å². The molecule has 1 aromatic heterocycles. The van der Waals surface area contributed by atoms with Crippen LogP contribution in [0.3, 0.4) is 0 Å². The van der Waals surface area contributed by atoms with Crippen molar-refractivity contribution >= 4 is 10.0 Å². The molecule has 4 nitrogen and oxygen atoms in total. The molecule has 0 aliphatic heterocycles. The summed E-state index contributed by atoms with van der Waals surface area (Å²) in [7, 11) is -3.60. The molecule has 22 heavy (non-hydrogen) atoms. The van der Waals surface area contributed by atoms with Crippen LogP contribution in [0.5, 0.6) is 0 Å². The summed E-state index contributed by atoms with van der Waals surface area (Å²) in [6.45, 7) is 2.04. The van der Waals surface area contributed by atoms with E-state index in [1.165, 1.54) is 17.5 Å². The van der Waals surface area contributed by atoms with Crippen molar-refractivity contribution in [2.24, 2.45) is 11.1 Å². The number of benzene rings is 1. The van der Waals surface area contributed by atoms with Crippen molar-refractivity contribution < 1.29 is 8.42 Å². The first-order valence-electron chi connectivity index (χ1n) is 7.48. The third kappa shape index (κ3) is 3.54. The quantitative estimate of drug-likeness (QED) is 0.922. The molecule has 1 aliphatic carbocycles. The molecule has 116 valence electrons. The number of sulfonamides is 1. The summed E-state index contributed by atoms with van der Waals surface area (Å²) in [5, 5.41) is 5.11. The second-order valence-electron chi connectivity index (χ2n) is 6.08. The summed E-state index contributed by atoms with van der Waals surface area (Å²) in [6.07, 6.45) is 5.20. The van der Waals surface area contributed by atoms with E-state index >= 15 is 0 Å². The minimum Gasteiger partial charge on any atom is -0.261 e. The van der Waals surface area contributed by atoms with E-state index in [1.807, 2.05) is 25.3 Å². The molecule has 0 radical (unpaired) electrons. The molecule has 2 N–H and O–H groups in total. The van der Waals surface area contributed by atoms with Crippen LogP contribution >= 0.6 is 0 Å². The van der Waals surface area contributed by atoms with Crippen LogP contribution in [-0.4, -0.2) is 13.4 Å². The monoisotopic (exact) mass is 316 g/mol. The number of nitrogens with two attached hydrogens (primary N) is 1. The van der Waals surface area contributed by atoms with Crippen LogP contribution in [0.25, 0.3) is 0 Å². The van der Waals surface area contributed by atoms with Crippen molar-refractivity contribution in [3.05, 3.63) is 59.4 Å². The number of aryl methyl sites for hydroxylation is 2. The lowest BCUT2D eigenvalue weighted by Crippen LogP contribution is -2.11. The first-order valence-corrected chi connectivity index (χ1v) is 9.02. The Morgan fingerprint density at radius 3 is 2.50 bits per heavy atom. The van der Waals surface area contributed by atoms with Crippen molar-refractivity contribution in [1.82, 2.24) is 4.98 Å². The molecular weight excluding hydrogens is 296 g/mol. The second-order valence-corrected chi connectivity index (χ2v) is 7.64. The molecule has 2 aromatic rings. The Labute approximate surface area is 131 Å². The van der Waals surface area contributed by atoms with E-state index in [1.54, 1.807) is 12.1 Å². The minimum absolute atomic E-state index is 0.178. The minimum atomic E-state index is -3.60. The van der Waals surface area contributed by atoms with E-state index < -0.39 is 10.0 Å². The summed E-state index contributed by atoms with van der Waals surface area (Å²) in [6, 6.07) is 11.2. The Bertz CT molecular complexity index is 752. The predicted molar refractivity (Wildman–Crippen MR) is 86.0 cm³/mol. The Balaban J connectivity index is 1.57. The fourth-order valence-corrected chi connectivity index (χ4v) is 3.37. The third-order valence-electron chi connectivity index (χ3n) is 4.30. The van der Waals surface area contributed by atoms with Gasteiger partial charge in [-0.3, -0.25) is 4.98 Å². The van der Waals surface area contributed by atoms with Crippen LogP contribution in [0.1, 0.15) is 35.6 Å². The summed E-state index contributed by atoms with van der Waals surface area (Å²) in [5.74, 6) is 1.21. The first kappa shape index (κ1) is 15.2. The topological polar surface area (TPSA) is 73.1 Å². The molecule has 0 saturated heterocycles. The van der Waals surface area contributed by atoms with Crippen LogP contribution < -0.4 is 5.14 Å². The lowest BCUT2D eigenvalue weighted by atomic mass is 10.1. The van der Waals surface area contributed by atoms with Gasteiger partial charge in [-0.05, 0) is 67.3 Å². The molecule has 1 saturated carbocycles. The standard InChI is InChI=1S/C17H20N2O2S/c1-12-2-6-15(19-11-12)7-3-14-10-17(14)13-4-8-16(9-5-13)22(18,20)21/h2,4-6,8-9,11,14,17H,3,7,10H2,1H3,(H2,18,20,21)/t14-,17+/m0/s1. The zero-order chi connectivity index (χ0) is 15.7. The van der Waals surface area contributed by atoms with Crippen molar-refractivity contribution in [2.45, 2.75) is 37.0 Å². The van der Waals surface area contributed by atoms with Crippen LogP contribution in [0.4, 0.5) is 0 Å². The molecular formula is C17H20N2O2S. The number of hydrogen-bond donors (Lipinski definition) is 1. The highest BCUT2D eigenvalue weighted by atomic mass is 32.2. The molecule has 3 rings (SSSR count). The molecule has 1 heterocycles. The van der Waals surface area contributed by atoms with Gasteiger partial charge in [-0.25, -0.2) is 13.6 Å². The van der Waals surface area contributed by atoms with Crippen molar-refractivity contribution in [1.29, 1.82) is 0 Å². The van der Waals surface area contributed by atoms with Gasteiger partial charge in [0.1, 0.15) is 0 Å². The van der Waals surface area contributed by atoms with Crippen molar-refractivity contribution in [2.75, 3.05) is 0 Å². The van der Waals surface area contributed by atoms with Crippen LogP contribution in [-0.2, 0) is 16.4 Å². The van der Waals surface area contributed by atoms with Crippen LogP contribution in [0.2, 0.25) is 0 Å². The largest absolute Gasteiger partial charge is 0.261 e. The Morgan fingerprint density at radius 2 is 1.91 bits per heavy atom. The van der Waals surface area contributed by atoms with E-state index in [4.69, 9.17) is 5.14 Å². The van der Waals surface area contributed by atoms with Gasteiger partial charge in [-0.2, -0.15) is 0 Å². The maximum atomic E-state index is 11.2. The number of hydrogen-bond acceptors (Lipinski definition) is 3. The van der Waals surface area contributed by atoms with Crippen LogP contribution in [0.15, 0.2) is 47.5 Å². The fraction of sp³-hybridized carbons (Fsp3) is 0.353. The van der Waals surface area contributed by atoms with Gasteiger partial charge in [-0.15, -0.1) is 0 Å². The van der Waals surface area contributed by atoms with Gasteiger partial charge in [0.15, 0.2) is 0 Å². The molecule has 1 aromatic carbocycles. The predicted octanol–water partition coefficient (Wildman–Crippen LogP) is 2.77. The number of primary sulfonamides is 1. The number of aromatic nitrogens is 1. The van der Waals surface area contributed by atoms with Gasteiger partial charge in [0, 0.05) is 11.9 Å². The van der Waals surface area contributed by atoms with Gasteiger partial charge in [0.05, 0.1) is 4.90 Å². The summed E-state index contributed by atoms with van der Waals surface area (Å²) >= 11 is 0. The number of nitrogens with zero attached hydrogens (tertiary/aromatic N) is 1. The van der Waals surface area contributed by atoms with E-state index in [0.29, 0.717) is 11.8 Å². The zero-order valence-electron chi connectivity index (χ0n) is 12.6. The first-order chi connectivity index (χ1) is 10.4. The van der Waals surface area contributed by atoms with E-state index in [-0.39, 0.29) is 4.90 Å². The Hall–Kier alpha value is -1.72.